The van der Waals surface area contributed by atoms with E-state index in [0.717, 1.165) is 5.56 Å². The second-order valence-corrected chi connectivity index (χ2v) is 8.65. The van der Waals surface area contributed by atoms with E-state index in [1.54, 1.807) is 49.6 Å². The number of hydrogen-bond acceptors (Lipinski definition) is 7. The van der Waals surface area contributed by atoms with Crippen LogP contribution in [0.4, 0.5) is 5.69 Å². The van der Waals surface area contributed by atoms with Gasteiger partial charge < -0.3 is 9.15 Å². The van der Waals surface area contributed by atoms with Crippen LogP contribution >= 0.6 is 15.9 Å². The van der Waals surface area contributed by atoms with Gasteiger partial charge in [0, 0.05) is 22.2 Å². The normalized spacial score (nSPS) is 11.1. The van der Waals surface area contributed by atoms with E-state index in [-0.39, 0.29) is 34.5 Å². The molecule has 0 radical (unpaired) electrons. The van der Waals surface area contributed by atoms with Gasteiger partial charge in [-0.05, 0) is 48.0 Å². The summed E-state index contributed by atoms with van der Waals surface area (Å²) in [5.74, 6) is 0.874. The van der Waals surface area contributed by atoms with Crippen molar-refractivity contribution in [3.8, 4) is 17.1 Å². The lowest BCUT2D eigenvalue weighted by Crippen LogP contribution is -2.28. The minimum absolute atomic E-state index is 0.0957. The number of methoxy groups -OCH3 is 1. The van der Waals surface area contributed by atoms with E-state index in [0.29, 0.717) is 21.4 Å². The number of nitro groups is 1. The molecule has 35 heavy (non-hydrogen) atoms. The average molecular weight is 534 g/mol. The van der Waals surface area contributed by atoms with Crippen LogP contribution in [-0.4, -0.2) is 21.6 Å². The van der Waals surface area contributed by atoms with Gasteiger partial charge in [-0.1, -0.05) is 28.1 Å². The first kappa shape index (κ1) is 22.5. The lowest BCUT2D eigenvalue weighted by atomic mass is 10.1. The summed E-state index contributed by atoms with van der Waals surface area (Å²) < 4.78 is 13.1. The molecule has 5 aromatic rings. The number of aromatic nitrogens is 2. The highest BCUT2D eigenvalue weighted by Gasteiger charge is 2.20. The molecule has 0 saturated carbocycles. The Hall–Kier alpha value is -4.31. The molecule has 0 aliphatic heterocycles. The Kier molecular flexibility index (Phi) is 5.65. The van der Waals surface area contributed by atoms with Crippen LogP contribution < -0.4 is 15.7 Å². The van der Waals surface area contributed by atoms with Crippen molar-refractivity contribution in [1.29, 1.82) is 0 Å². The van der Waals surface area contributed by atoms with Crippen LogP contribution in [0.2, 0.25) is 0 Å². The lowest BCUT2D eigenvalue weighted by molar-refractivity contribution is -0.384. The summed E-state index contributed by atoms with van der Waals surface area (Å²) in [7, 11) is 1.56. The molecule has 174 valence electrons. The van der Waals surface area contributed by atoms with Crippen molar-refractivity contribution in [3.63, 3.8) is 0 Å². The molecular weight excluding hydrogens is 518 g/mol. The number of benzene rings is 3. The highest BCUT2D eigenvalue weighted by molar-refractivity contribution is 9.10. The van der Waals surface area contributed by atoms with Crippen molar-refractivity contribution < 1.29 is 14.1 Å². The van der Waals surface area contributed by atoms with Crippen molar-refractivity contribution in [2.24, 2.45) is 0 Å². The van der Waals surface area contributed by atoms with Crippen LogP contribution in [0.5, 0.6) is 5.75 Å². The third kappa shape index (κ3) is 4.08. The van der Waals surface area contributed by atoms with Gasteiger partial charge >= 0.3 is 0 Å². The summed E-state index contributed by atoms with van der Waals surface area (Å²) in [5.41, 5.74) is 0.261. The second-order valence-electron chi connectivity index (χ2n) is 7.73. The summed E-state index contributed by atoms with van der Waals surface area (Å²) >= 11 is 3.34. The first-order valence-corrected chi connectivity index (χ1v) is 11.2. The summed E-state index contributed by atoms with van der Waals surface area (Å²) in [6, 6.07) is 17.7. The molecule has 0 spiro atoms. The fourth-order valence-electron chi connectivity index (χ4n) is 3.82. The minimum atomic E-state index is -0.574. The Bertz CT molecular complexity index is 1720. The van der Waals surface area contributed by atoms with Gasteiger partial charge in [-0.25, -0.2) is 0 Å². The van der Waals surface area contributed by atoms with Gasteiger partial charge in [0.1, 0.15) is 17.2 Å². The molecule has 0 saturated heterocycles. The zero-order valence-corrected chi connectivity index (χ0v) is 19.8. The van der Waals surface area contributed by atoms with E-state index in [9.17, 15) is 19.7 Å². The molecule has 2 heterocycles. The van der Waals surface area contributed by atoms with Gasteiger partial charge in [-0.15, -0.1) is 0 Å². The Morgan fingerprint density at radius 2 is 1.77 bits per heavy atom. The molecule has 5 rings (SSSR count). The molecule has 0 bridgehead atoms. The van der Waals surface area contributed by atoms with E-state index in [1.807, 2.05) is 0 Å². The van der Waals surface area contributed by atoms with Crippen LogP contribution in [0, 0.1) is 10.1 Å². The number of halogens is 1. The minimum Gasteiger partial charge on any atom is -0.497 e. The van der Waals surface area contributed by atoms with Crippen molar-refractivity contribution >= 4 is 43.7 Å². The van der Waals surface area contributed by atoms with Gasteiger partial charge in [0.25, 0.3) is 11.2 Å². The monoisotopic (exact) mass is 533 g/mol. The van der Waals surface area contributed by atoms with Crippen molar-refractivity contribution in [3.05, 3.63) is 107 Å². The molecule has 9 nitrogen and oxygen atoms in total. The maximum atomic E-state index is 13.7. The van der Waals surface area contributed by atoms with Crippen LogP contribution in [0.15, 0.2) is 85.2 Å². The highest BCUT2D eigenvalue weighted by Crippen LogP contribution is 2.25. The van der Waals surface area contributed by atoms with Gasteiger partial charge in [-0.3, -0.25) is 24.3 Å². The maximum Gasteiger partial charge on any atom is 0.269 e. The van der Waals surface area contributed by atoms with Crippen LogP contribution in [0.3, 0.4) is 0 Å². The zero-order valence-electron chi connectivity index (χ0n) is 18.2. The van der Waals surface area contributed by atoms with E-state index in [1.165, 1.54) is 28.8 Å². The predicted molar refractivity (Wildman–Crippen MR) is 134 cm³/mol. The van der Waals surface area contributed by atoms with Gasteiger partial charge in [0.15, 0.2) is 5.39 Å². The van der Waals surface area contributed by atoms with E-state index in [2.05, 4.69) is 20.9 Å². The zero-order chi connectivity index (χ0) is 24.7. The third-order valence-corrected chi connectivity index (χ3v) is 6.09. The number of rotatable bonds is 5. The Balaban J connectivity index is 1.79. The molecule has 0 unspecified atom stereocenters. The number of nitrogens with zero attached hydrogens (tertiary/aromatic N) is 3. The summed E-state index contributed by atoms with van der Waals surface area (Å²) in [5, 5.41) is 11.2. The second kappa shape index (κ2) is 8.80. The SMILES string of the molecule is COc1ccc(Cn2c(-c3ccc([N+](=O)[O-])cc3)nc3oc4ccc(Br)cc4c(=O)c3c2=O)cc1. The molecule has 0 N–H and O–H groups in total. The Morgan fingerprint density at radius 3 is 2.43 bits per heavy atom. The molecule has 2 aromatic heterocycles. The van der Waals surface area contributed by atoms with Crippen molar-refractivity contribution in [2.75, 3.05) is 7.11 Å². The molecule has 0 fully saturated rings. The molecule has 10 heteroatoms. The first-order chi connectivity index (χ1) is 16.9. The fourth-order valence-corrected chi connectivity index (χ4v) is 4.18. The largest absolute Gasteiger partial charge is 0.497 e. The molecular formula is C25H16BrN3O6. The van der Waals surface area contributed by atoms with E-state index >= 15 is 0 Å². The molecule has 3 aromatic carbocycles. The number of hydrogen-bond donors (Lipinski definition) is 0. The van der Waals surface area contributed by atoms with Gasteiger partial charge in [-0.2, -0.15) is 4.98 Å². The molecule has 0 amide bonds. The van der Waals surface area contributed by atoms with Crippen LogP contribution in [0.25, 0.3) is 33.5 Å². The average Bonchev–Trinajstić information content (AvgIpc) is 2.86. The smallest absolute Gasteiger partial charge is 0.269 e. The third-order valence-electron chi connectivity index (χ3n) is 5.59. The topological polar surface area (TPSA) is 117 Å². The van der Waals surface area contributed by atoms with Gasteiger partial charge in [0.2, 0.25) is 11.1 Å². The number of ether oxygens (including phenoxy) is 1. The maximum absolute atomic E-state index is 13.7. The quantitative estimate of drug-likeness (QED) is 0.179. The predicted octanol–water partition coefficient (Wildman–Crippen LogP) is 4.90. The first-order valence-electron chi connectivity index (χ1n) is 10.4. The van der Waals surface area contributed by atoms with Crippen molar-refractivity contribution in [1.82, 2.24) is 9.55 Å². The Labute approximate surface area is 205 Å². The van der Waals surface area contributed by atoms with E-state index < -0.39 is 15.9 Å². The highest BCUT2D eigenvalue weighted by atomic mass is 79.9. The lowest BCUT2D eigenvalue weighted by Gasteiger charge is -2.14. The fraction of sp³-hybridized carbons (Fsp3) is 0.0800. The van der Waals surface area contributed by atoms with Crippen LogP contribution in [0.1, 0.15) is 5.56 Å². The number of nitro benzene ring substituents is 1. The van der Waals surface area contributed by atoms with Gasteiger partial charge in [0.05, 0.1) is 24.0 Å². The summed E-state index contributed by atoms with van der Waals surface area (Å²) in [6.07, 6.45) is 0. The molecule has 0 atom stereocenters. The number of non-ortho nitro benzene ring substituents is 1. The summed E-state index contributed by atoms with van der Waals surface area (Å²) in [4.78, 5) is 42.1. The number of fused-ring (bicyclic) bond motifs is 2. The van der Waals surface area contributed by atoms with Crippen molar-refractivity contribution in [2.45, 2.75) is 6.54 Å². The molecule has 0 aliphatic rings. The summed E-state index contributed by atoms with van der Waals surface area (Å²) in [6.45, 7) is 0.105. The van der Waals surface area contributed by atoms with Crippen LogP contribution in [-0.2, 0) is 6.54 Å². The Morgan fingerprint density at radius 1 is 1.06 bits per heavy atom. The molecule has 0 aliphatic carbocycles. The standard InChI is InChI=1S/C25H16BrN3O6/c1-34-18-9-2-14(3-10-18)13-28-23(15-4-7-17(8-5-15)29(32)33)27-24-21(25(28)31)22(30)19-12-16(26)6-11-20(19)35-24/h2-12H,13H2,1H3. The van der Waals surface area contributed by atoms with E-state index in [4.69, 9.17) is 9.15 Å².